The summed E-state index contributed by atoms with van der Waals surface area (Å²) in [7, 11) is 0. The predicted octanol–water partition coefficient (Wildman–Crippen LogP) is 3.77. The second-order valence-corrected chi connectivity index (χ2v) is 5.30. The van der Waals surface area contributed by atoms with Gasteiger partial charge in [0.15, 0.2) is 0 Å². The molecule has 2 unspecified atom stereocenters. The van der Waals surface area contributed by atoms with Crippen LogP contribution in [0.2, 0.25) is 0 Å². The Morgan fingerprint density at radius 2 is 2.00 bits per heavy atom. The third-order valence-electron chi connectivity index (χ3n) is 3.71. The van der Waals surface area contributed by atoms with Crippen LogP contribution >= 0.6 is 12.4 Å². The van der Waals surface area contributed by atoms with Crippen LogP contribution in [0.5, 0.6) is 0 Å². The molecule has 120 valence electrons. The van der Waals surface area contributed by atoms with Gasteiger partial charge in [0.1, 0.15) is 0 Å². The van der Waals surface area contributed by atoms with Gasteiger partial charge in [-0.25, -0.2) is 0 Å². The fourth-order valence-corrected chi connectivity index (χ4v) is 2.59. The molecule has 22 heavy (non-hydrogen) atoms. The predicted molar refractivity (Wildman–Crippen MR) is 76.6 cm³/mol. The lowest BCUT2D eigenvalue weighted by atomic mass is 10.1. The summed E-state index contributed by atoms with van der Waals surface area (Å²) in [4.78, 5) is 4.22. The van der Waals surface area contributed by atoms with E-state index in [0.717, 1.165) is 31.4 Å². The van der Waals surface area contributed by atoms with E-state index in [2.05, 4.69) is 10.1 Å². The maximum Gasteiger partial charge on any atom is 0.416 e. The number of aromatic nitrogens is 2. The van der Waals surface area contributed by atoms with Crippen LogP contribution in [0.15, 0.2) is 28.8 Å². The topological polar surface area (TPSA) is 64.9 Å². The van der Waals surface area contributed by atoms with E-state index < -0.39 is 11.7 Å². The van der Waals surface area contributed by atoms with Crippen molar-refractivity contribution < 1.29 is 17.7 Å². The minimum absolute atomic E-state index is 0. The first kappa shape index (κ1) is 16.8. The fraction of sp³-hybridized carbons (Fsp3) is 0.429. The van der Waals surface area contributed by atoms with Crippen molar-refractivity contribution in [2.75, 3.05) is 0 Å². The highest BCUT2D eigenvalue weighted by Gasteiger charge is 2.31. The van der Waals surface area contributed by atoms with Crippen LogP contribution in [0.4, 0.5) is 13.2 Å². The minimum atomic E-state index is -4.39. The van der Waals surface area contributed by atoms with E-state index in [1.54, 1.807) is 0 Å². The zero-order valence-electron chi connectivity index (χ0n) is 11.5. The summed E-state index contributed by atoms with van der Waals surface area (Å²) in [5.74, 6) is 0.735. The molecule has 3 rings (SSSR count). The molecule has 0 spiro atoms. The average Bonchev–Trinajstić information content (AvgIpc) is 3.06. The van der Waals surface area contributed by atoms with E-state index in [9.17, 15) is 13.2 Å². The first-order chi connectivity index (χ1) is 9.93. The Morgan fingerprint density at radius 3 is 2.64 bits per heavy atom. The summed E-state index contributed by atoms with van der Waals surface area (Å²) < 4.78 is 43.3. The Morgan fingerprint density at radius 1 is 1.23 bits per heavy atom. The van der Waals surface area contributed by atoms with E-state index in [1.807, 2.05) is 0 Å². The maximum atomic E-state index is 12.7. The SMILES string of the molecule is Cl.NC1CCC(c2nc(-c3cccc(C(F)(F)F)c3)no2)C1. The molecule has 1 aliphatic rings. The van der Waals surface area contributed by atoms with Gasteiger partial charge in [-0.1, -0.05) is 17.3 Å². The van der Waals surface area contributed by atoms with Gasteiger partial charge in [0.25, 0.3) is 0 Å². The number of hydrogen-bond donors (Lipinski definition) is 1. The molecule has 1 saturated carbocycles. The minimum Gasteiger partial charge on any atom is -0.339 e. The lowest BCUT2D eigenvalue weighted by molar-refractivity contribution is -0.137. The molecule has 0 radical (unpaired) electrons. The smallest absolute Gasteiger partial charge is 0.339 e. The van der Waals surface area contributed by atoms with Crippen molar-refractivity contribution in [3.05, 3.63) is 35.7 Å². The van der Waals surface area contributed by atoms with Gasteiger partial charge < -0.3 is 10.3 Å². The van der Waals surface area contributed by atoms with Crippen molar-refractivity contribution in [1.29, 1.82) is 0 Å². The zero-order valence-corrected chi connectivity index (χ0v) is 12.3. The summed E-state index contributed by atoms with van der Waals surface area (Å²) in [6, 6.07) is 5.03. The molecule has 0 amide bonds. The van der Waals surface area contributed by atoms with Crippen molar-refractivity contribution in [3.63, 3.8) is 0 Å². The van der Waals surface area contributed by atoms with Crippen LogP contribution in [0.25, 0.3) is 11.4 Å². The van der Waals surface area contributed by atoms with Gasteiger partial charge in [-0.2, -0.15) is 18.2 Å². The molecule has 1 aromatic carbocycles. The third kappa shape index (κ3) is 3.41. The molecule has 2 N–H and O–H groups in total. The molecule has 1 aromatic heterocycles. The standard InChI is InChI=1S/C14H14F3N3O.ClH/c15-14(16,17)10-3-1-2-8(6-10)12-19-13(21-20-12)9-4-5-11(18)7-9;/h1-3,6,9,11H,4-5,7,18H2;1H. The van der Waals surface area contributed by atoms with Gasteiger partial charge in [0.2, 0.25) is 11.7 Å². The molecule has 2 atom stereocenters. The highest BCUT2D eigenvalue weighted by Crippen LogP contribution is 2.34. The van der Waals surface area contributed by atoms with Crippen molar-refractivity contribution in [3.8, 4) is 11.4 Å². The molecular weight excluding hydrogens is 319 g/mol. The van der Waals surface area contributed by atoms with Crippen LogP contribution < -0.4 is 5.73 Å². The number of nitrogens with zero attached hydrogens (tertiary/aromatic N) is 2. The Bertz CT molecular complexity index is 644. The number of alkyl halides is 3. The fourth-order valence-electron chi connectivity index (χ4n) is 2.59. The van der Waals surface area contributed by atoms with Crippen LogP contribution in [-0.4, -0.2) is 16.2 Å². The van der Waals surface area contributed by atoms with Crippen molar-refractivity contribution in [2.24, 2.45) is 5.73 Å². The summed E-state index contributed by atoms with van der Waals surface area (Å²) >= 11 is 0. The van der Waals surface area contributed by atoms with Gasteiger partial charge in [0, 0.05) is 17.5 Å². The zero-order chi connectivity index (χ0) is 15.0. The van der Waals surface area contributed by atoms with E-state index in [1.165, 1.54) is 12.1 Å². The summed E-state index contributed by atoms with van der Waals surface area (Å²) in [5, 5.41) is 3.78. The largest absolute Gasteiger partial charge is 0.416 e. The second-order valence-electron chi connectivity index (χ2n) is 5.30. The molecule has 0 aliphatic heterocycles. The highest BCUT2D eigenvalue weighted by atomic mass is 35.5. The van der Waals surface area contributed by atoms with Crippen molar-refractivity contribution in [2.45, 2.75) is 37.4 Å². The Hall–Kier alpha value is -1.60. The summed E-state index contributed by atoms with van der Waals surface area (Å²) in [6.07, 6.45) is -1.86. The Kier molecular flexibility index (Phi) is 4.77. The van der Waals surface area contributed by atoms with Gasteiger partial charge in [0.05, 0.1) is 5.56 Å². The molecule has 2 aromatic rings. The summed E-state index contributed by atoms with van der Waals surface area (Å²) in [5.41, 5.74) is 5.40. The number of nitrogens with two attached hydrogens (primary N) is 1. The first-order valence-electron chi connectivity index (χ1n) is 6.70. The van der Waals surface area contributed by atoms with E-state index >= 15 is 0 Å². The first-order valence-corrected chi connectivity index (χ1v) is 6.70. The van der Waals surface area contributed by atoms with Gasteiger partial charge in [-0.05, 0) is 31.4 Å². The number of hydrogen-bond acceptors (Lipinski definition) is 4. The van der Waals surface area contributed by atoms with Crippen LogP contribution in [0.3, 0.4) is 0 Å². The van der Waals surface area contributed by atoms with Gasteiger partial charge in [-0.15, -0.1) is 12.4 Å². The van der Waals surface area contributed by atoms with Gasteiger partial charge >= 0.3 is 6.18 Å². The molecule has 1 heterocycles. The molecule has 1 aliphatic carbocycles. The van der Waals surface area contributed by atoms with E-state index in [-0.39, 0.29) is 30.2 Å². The van der Waals surface area contributed by atoms with Gasteiger partial charge in [-0.3, -0.25) is 0 Å². The van der Waals surface area contributed by atoms with Crippen LogP contribution in [-0.2, 0) is 6.18 Å². The number of halogens is 4. The van der Waals surface area contributed by atoms with E-state index in [0.29, 0.717) is 11.5 Å². The highest BCUT2D eigenvalue weighted by molar-refractivity contribution is 5.85. The third-order valence-corrected chi connectivity index (χ3v) is 3.71. The summed E-state index contributed by atoms with van der Waals surface area (Å²) in [6.45, 7) is 0. The molecule has 4 nitrogen and oxygen atoms in total. The monoisotopic (exact) mass is 333 g/mol. The maximum absolute atomic E-state index is 12.7. The van der Waals surface area contributed by atoms with Crippen LogP contribution in [0.1, 0.15) is 36.6 Å². The lowest BCUT2D eigenvalue weighted by Crippen LogP contribution is -2.14. The normalized spacial score (nSPS) is 21.6. The molecule has 8 heteroatoms. The second kappa shape index (κ2) is 6.26. The quantitative estimate of drug-likeness (QED) is 0.908. The lowest BCUT2D eigenvalue weighted by Gasteiger charge is -2.06. The number of benzene rings is 1. The van der Waals surface area contributed by atoms with Crippen molar-refractivity contribution >= 4 is 12.4 Å². The molecular formula is C14H15ClF3N3O. The average molecular weight is 334 g/mol. The Balaban J connectivity index is 0.00000176. The van der Waals surface area contributed by atoms with Crippen LogP contribution in [0, 0.1) is 0 Å². The number of rotatable bonds is 2. The molecule has 0 saturated heterocycles. The van der Waals surface area contributed by atoms with E-state index in [4.69, 9.17) is 10.3 Å². The van der Waals surface area contributed by atoms with Crippen molar-refractivity contribution in [1.82, 2.24) is 10.1 Å². The Labute approximate surface area is 131 Å². The molecule has 1 fully saturated rings. The molecule has 0 bridgehead atoms.